The normalized spacial score (nSPS) is 11.1. The number of aryl methyl sites for hydroxylation is 1. The third kappa shape index (κ3) is 4.55. The number of nitrogens with one attached hydrogen (secondary N) is 1. The van der Waals surface area contributed by atoms with Crippen LogP contribution < -0.4 is 4.72 Å². The summed E-state index contributed by atoms with van der Waals surface area (Å²) in [6.07, 6.45) is 0.115. The van der Waals surface area contributed by atoms with Crippen molar-refractivity contribution < 1.29 is 22.3 Å². The zero-order valence-corrected chi connectivity index (χ0v) is 14.2. The first kappa shape index (κ1) is 17.9. The van der Waals surface area contributed by atoms with Crippen LogP contribution in [0.1, 0.15) is 18.1 Å². The minimum absolute atomic E-state index is 0.113. The van der Waals surface area contributed by atoms with Gasteiger partial charge >= 0.3 is 5.97 Å². The molecule has 0 unspecified atom stereocenters. The maximum absolute atomic E-state index is 13.3. The summed E-state index contributed by atoms with van der Waals surface area (Å²) in [5.41, 5.74) is 1.48. The van der Waals surface area contributed by atoms with E-state index in [4.69, 9.17) is 4.74 Å². The van der Waals surface area contributed by atoms with Crippen molar-refractivity contribution in [2.45, 2.75) is 25.2 Å². The maximum Gasteiger partial charge on any atom is 0.310 e. The predicted octanol–water partition coefficient (Wildman–Crippen LogP) is 3.04. The molecule has 2 rings (SSSR count). The highest BCUT2D eigenvalue weighted by Gasteiger charge is 2.18. The van der Waals surface area contributed by atoms with Gasteiger partial charge in [-0.2, -0.15) is 0 Å². The second-order valence-electron chi connectivity index (χ2n) is 5.19. The largest absolute Gasteiger partial charge is 0.466 e. The first-order chi connectivity index (χ1) is 11.3. The molecule has 2 aromatic rings. The quantitative estimate of drug-likeness (QED) is 0.812. The van der Waals surface area contributed by atoms with E-state index < -0.39 is 15.8 Å². The lowest BCUT2D eigenvalue weighted by Crippen LogP contribution is -2.14. The molecule has 5 nitrogen and oxygen atoms in total. The summed E-state index contributed by atoms with van der Waals surface area (Å²) in [6, 6.07) is 9.94. The first-order valence-corrected chi connectivity index (χ1v) is 8.83. The number of ether oxygens (including phenoxy) is 1. The van der Waals surface area contributed by atoms with Gasteiger partial charge in [-0.3, -0.25) is 9.52 Å². The van der Waals surface area contributed by atoms with E-state index in [1.54, 1.807) is 38.1 Å². The van der Waals surface area contributed by atoms with E-state index in [0.29, 0.717) is 23.4 Å². The van der Waals surface area contributed by atoms with Crippen LogP contribution in [0.4, 0.5) is 10.1 Å². The molecule has 24 heavy (non-hydrogen) atoms. The molecule has 7 heteroatoms. The highest BCUT2D eigenvalue weighted by Crippen LogP contribution is 2.20. The van der Waals surface area contributed by atoms with Crippen LogP contribution in [0.15, 0.2) is 47.4 Å². The van der Waals surface area contributed by atoms with Gasteiger partial charge in [0.1, 0.15) is 5.82 Å². The summed E-state index contributed by atoms with van der Waals surface area (Å²) in [5, 5.41) is 0. The number of sulfonamides is 1. The molecule has 0 bridgehead atoms. The number of halogens is 1. The van der Waals surface area contributed by atoms with E-state index in [-0.39, 0.29) is 17.3 Å². The van der Waals surface area contributed by atoms with Crippen LogP contribution in [0.2, 0.25) is 0 Å². The zero-order valence-electron chi connectivity index (χ0n) is 13.4. The Morgan fingerprint density at radius 3 is 2.46 bits per heavy atom. The Bertz CT molecular complexity index is 832. The Hall–Kier alpha value is -2.41. The van der Waals surface area contributed by atoms with Gasteiger partial charge in [-0.1, -0.05) is 18.2 Å². The van der Waals surface area contributed by atoms with Gasteiger partial charge in [-0.15, -0.1) is 0 Å². The number of benzene rings is 2. The summed E-state index contributed by atoms with van der Waals surface area (Å²) in [7, 11) is -3.89. The van der Waals surface area contributed by atoms with Gasteiger partial charge in [0.2, 0.25) is 0 Å². The molecule has 0 radical (unpaired) electrons. The fraction of sp³-hybridized carbons (Fsp3) is 0.235. The van der Waals surface area contributed by atoms with Crippen molar-refractivity contribution in [2.24, 2.45) is 0 Å². The topological polar surface area (TPSA) is 72.5 Å². The first-order valence-electron chi connectivity index (χ1n) is 7.35. The van der Waals surface area contributed by atoms with Gasteiger partial charge < -0.3 is 4.74 Å². The average molecular weight is 351 g/mol. The minimum Gasteiger partial charge on any atom is -0.466 e. The Balaban J connectivity index is 2.15. The number of esters is 1. The maximum atomic E-state index is 13.3. The highest BCUT2D eigenvalue weighted by molar-refractivity contribution is 7.92. The molecule has 0 aliphatic rings. The van der Waals surface area contributed by atoms with Crippen molar-refractivity contribution >= 4 is 21.7 Å². The number of carbonyl (C=O) groups excluding carboxylic acids is 1. The van der Waals surface area contributed by atoms with Crippen molar-refractivity contribution in [3.8, 4) is 0 Å². The van der Waals surface area contributed by atoms with E-state index in [1.165, 1.54) is 12.1 Å². The van der Waals surface area contributed by atoms with E-state index >= 15 is 0 Å². The predicted molar refractivity (Wildman–Crippen MR) is 88.7 cm³/mol. The number of hydrogen-bond acceptors (Lipinski definition) is 4. The Morgan fingerprint density at radius 2 is 1.83 bits per heavy atom. The van der Waals surface area contributed by atoms with Gasteiger partial charge in [-0.05, 0) is 49.2 Å². The summed E-state index contributed by atoms with van der Waals surface area (Å²) in [4.78, 5) is 11.3. The molecule has 128 valence electrons. The van der Waals surface area contributed by atoms with E-state index in [2.05, 4.69) is 4.72 Å². The van der Waals surface area contributed by atoms with Gasteiger partial charge in [0.05, 0.1) is 17.9 Å². The highest BCUT2D eigenvalue weighted by atomic mass is 32.2. The third-order valence-electron chi connectivity index (χ3n) is 3.30. The molecule has 0 aliphatic heterocycles. The lowest BCUT2D eigenvalue weighted by atomic mass is 10.1. The van der Waals surface area contributed by atoms with Gasteiger partial charge in [-0.25, -0.2) is 12.8 Å². The van der Waals surface area contributed by atoms with E-state index in [0.717, 1.165) is 6.07 Å². The average Bonchev–Trinajstić information content (AvgIpc) is 2.51. The van der Waals surface area contributed by atoms with Crippen LogP contribution in [0.5, 0.6) is 0 Å². The molecule has 0 heterocycles. The molecular weight excluding hydrogens is 333 g/mol. The van der Waals surface area contributed by atoms with Crippen LogP contribution in [-0.4, -0.2) is 21.0 Å². The molecule has 0 aromatic heterocycles. The fourth-order valence-corrected chi connectivity index (χ4v) is 3.46. The Labute approximate surface area is 140 Å². The molecule has 0 saturated carbocycles. The summed E-state index contributed by atoms with van der Waals surface area (Å²) < 4.78 is 45.3. The van der Waals surface area contributed by atoms with Crippen molar-refractivity contribution in [1.82, 2.24) is 0 Å². The van der Waals surface area contributed by atoms with Crippen LogP contribution in [-0.2, 0) is 26.0 Å². The van der Waals surface area contributed by atoms with Crippen LogP contribution >= 0.6 is 0 Å². The number of carbonyl (C=O) groups is 1. The van der Waals surface area contributed by atoms with Crippen molar-refractivity contribution in [3.05, 3.63) is 59.4 Å². The number of rotatable bonds is 6. The van der Waals surface area contributed by atoms with E-state index in [9.17, 15) is 17.6 Å². The monoisotopic (exact) mass is 351 g/mol. The van der Waals surface area contributed by atoms with Crippen LogP contribution in [0, 0.1) is 12.7 Å². The van der Waals surface area contributed by atoms with Crippen LogP contribution in [0.3, 0.4) is 0 Å². The molecular formula is C17H18FNO4S. The molecule has 0 spiro atoms. The van der Waals surface area contributed by atoms with Gasteiger partial charge in [0.15, 0.2) is 0 Å². The zero-order chi connectivity index (χ0) is 17.7. The fourth-order valence-electron chi connectivity index (χ4n) is 2.14. The summed E-state index contributed by atoms with van der Waals surface area (Å²) in [5.74, 6) is -0.966. The lowest BCUT2D eigenvalue weighted by Gasteiger charge is -2.11. The summed E-state index contributed by atoms with van der Waals surface area (Å²) >= 11 is 0. The second kappa shape index (κ2) is 7.44. The van der Waals surface area contributed by atoms with Crippen LogP contribution in [0.25, 0.3) is 0 Å². The molecule has 2 aromatic carbocycles. The van der Waals surface area contributed by atoms with Crippen molar-refractivity contribution in [2.75, 3.05) is 11.3 Å². The summed E-state index contributed by atoms with van der Waals surface area (Å²) in [6.45, 7) is 3.63. The standard InChI is InChI=1S/C17H18FNO4S/c1-3-23-17(20)10-13-5-8-15(9-6-13)19-24(21,22)16-11-14(18)7-4-12(16)2/h4-9,11,19H,3,10H2,1-2H3. The minimum atomic E-state index is -3.89. The SMILES string of the molecule is CCOC(=O)Cc1ccc(NS(=O)(=O)c2cc(F)ccc2C)cc1. The molecule has 0 aliphatic carbocycles. The van der Waals surface area contributed by atoms with Gasteiger partial charge in [0.25, 0.3) is 10.0 Å². The smallest absolute Gasteiger partial charge is 0.310 e. The van der Waals surface area contributed by atoms with Crippen molar-refractivity contribution in [3.63, 3.8) is 0 Å². The number of anilines is 1. The lowest BCUT2D eigenvalue weighted by molar-refractivity contribution is -0.142. The molecule has 1 N–H and O–H groups in total. The van der Waals surface area contributed by atoms with Crippen molar-refractivity contribution in [1.29, 1.82) is 0 Å². The van der Waals surface area contributed by atoms with E-state index in [1.807, 2.05) is 0 Å². The molecule has 0 amide bonds. The Kier molecular flexibility index (Phi) is 5.56. The third-order valence-corrected chi connectivity index (χ3v) is 4.82. The second-order valence-corrected chi connectivity index (χ2v) is 6.84. The molecule has 0 atom stereocenters. The number of hydrogen-bond donors (Lipinski definition) is 1. The molecule has 0 fully saturated rings. The molecule has 0 saturated heterocycles. The van der Waals surface area contributed by atoms with Gasteiger partial charge in [0, 0.05) is 5.69 Å². The Morgan fingerprint density at radius 1 is 1.17 bits per heavy atom.